The van der Waals surface area contributed by atoms with E-state index in [1.165, 1.54) is 38.9 Å². The van der Waals surface area contributed by atoms with Gasteiger partial charge in [-0.25, -0.2) is 0 Å². The van der Waals surface area contributed by atoms with E-state index in [-0.39, 0.29) is 5.91 Å². The average Bonchev–Trinajstić information content (AvgIpc) is 2.99. The van der Waals surface area contributed by atoms with Crippen LogP contribution in [0.5, 0.6) is 0 Å². The molecule has 0 aliphatic carbocycles. The maximum absolute atomic E-state index is 11.6. The molecule has 0 saturated carbocycles. The van der Waals surface area contributed by atoms with Crippen molar-refractivity contribution in [3.05, 3.63) is 0 Å². The fourth-order valence-corrected chi connectivity index (χ4v) is 4.01. The maximum atomic E-state index is 11.6. The molecule has 4 N–H and O–H groups in total. The van der Waals surface area contributed by atoms with Gasteiger partial charge in [-0.1, -0.05) is 21.6 Å². The Morgan fingerprint density at radius 2 is 1.86 bits per heavy atom. The smallest absolute Gasteiger partial charge is 0.221 e. The quantitative estimate of drug-likeness (QED) is 0.343. The van der Waals surface area contributed by atoms with Gasteiger partial charge in [-0.3, -0.25) is 4.79 Å². The zero-order valence-corrected chi connectivity index (χ0v) is 14.6. The lowest BCUT2D eigenvalue weighted by atomic mass is 10.3. The molecule has 1 aliphatic heterocycles. The molecule has 1 amide bonds. The summed E-state index contributed by atoms with van der Waals surface area (Å²) in [4.78, 5) is 14.1. The number of hydrogen-bond acceptors (Lipinski definition) is 6. The van der Waals surface area contributed by atoms with Gasteiger partial charge in [0.25, 0.3) is 0 Å². The Bertz CT molecular complexity index is 263. The van der Waals surface area contributed by atoms with Gasteiger partial charge in [0, 0.05) is 37.6 Å². The summed E-state index contributed by atoms with van der Waals surface area (Å²) in [6.45, 7) is 6.98. The molecule has 0 aromatic heterocycles. The van der Waals surface area contributed by atoms with E-state index in [0.29, 0.717) is 13.0 Å². The number of nitrogens with zero attached hydrogens (tertiary/aromatic N) is 1. The predicted molar refractivity (Wildman–Crippen MR) is 94.8 cm³/mol. The van der Waals surface area contributed by atoms with Gasteiger partial charge in [0.2, 0.25) is 5.91 Å². The molecule has 0 aromatic carbocycles. The van der Waals surface area contributed by atoms with Crippen molar-refractivity contribution in [2.24, 2.45) is 5.73 Å². The lowest BCUT2D eigenvalue weighted by Gasteiger charge is -2.14. The van der Waals surface area contributed by atoms with Crippen molar-refractivity contribution in [3.8, 4) is 0 Å². The Hall–Kier alpha value is 0.0500. The van der Waals surface area contributed by atoms with E-state index >= 15 is 0 Å². The van der Waals surface area contributed by atoms with E-state index in [4.69, 9.17) is 5.73 Å². The minimum absolute atomic E-state index is 0.145. The zero-order chi connectivity index (χ0) is 15.2. The first-order chi connectivity index (χ1) is 10.3. The number of nitrogens with two attached hydrogens (primary N) is 1. The van der Waals surface area contributed by atoms with Crippen molar-refractivity contribution >= 4 is 27.5 Å². The Morgan fingerprint density at radius 3 is 2.62 bits per heavy atom. The van der Waals surface area contributed by atoms with Crippen LogP contribution in [0.4, 0.5) is 0 Å². The summed E-state index contributed by atoms with van der Waals surface area (Å²) in [5.41, 5.74) is 5.40. The van der Waals surface area contributed by atoms with Gasteiger partial charge < -0.3 is 21.3 Å². The molecule has 0 aromatic rings. The van der Waals surface area contributed by atoms with Crippen LogP contribution in [0.25, 0.3) is 0 Å². The molecule has 0 unspecified atom stereocenters. The summed E-state index contributed by atoms with van der Waals surface area (Å²) >= 11 is 0. The van der Waals surface area contributed by atoms with Crippen LogP contribution in [-0.2, 0) is 4.79 Å². The molecule has 0 spiro atoms. The van der Waals surface area contributed by atoms with Crippen molar-refractivity contribution in [1.82, 2.24) is 15.5 Å². The van der Waals surface area contributed by atoms with Crippen LogP contribution >= 0.6 is 21.6 Å². The number of rotatable bonds is 13. The van der Waals surface area contributed by atoms with E-state index in [2.05, 4.69) is 15.5 Å². The minimum Gasteiger partial charge on any atom is -0.355 e. The van der Waals surface area contributed by atoms with Gasteiger partial charge in [0.1, 0.15) is 0 Å². The second-order valence-corrected chi connectivity index (χ2v) is 7.89. The zero-order valence-electron chi connectivity index (χ0n) is 12.9. The molecule has 124 valence electrons. The van der Waals surface area contributed by atoms with Crippen molar-refractivity contribution in [3.63, 3.8) is 0 Å². The van der Waals surface area contributed by atoms with E-state index in [9.17, 15) is 4.79 Å². The SMILES string of the molecule is NCCSSCCNC(=O)CCNCCCN1CCCC1. The lowest BCUT2D eigenvalue weighted by Crippen LogP contribution is -2.30. The summed E-state index contributed by atoms with van der Waals surface area (Å²) in [5.74, 6) is 2.06. The van der Waals surface area contributed by atoms with Crippen molar-refractivity contribution < 1.29 is 4.79 Å². The van der Waals surface area contributed by atoms with Gasteiger partial charge in [0.05, 0.1) is 0 Å². The normalized spacial score (nSPS) is 15.5. The van der Waals surface area contributed by atoms with Crippen molar-refractivity contribution in [1.29, 1.82) is 0 Å². The van der Waals surface area contributed by atoms with Gasteiger partial charge in [0.15, 0.2) is 0 Å². The highest BCUT2D eigenvalue weighted by Gasteiger charge is 2.09. The predicted octanol–water partition coefficient (Wildman–Crippen LogP) is 0.908. The molecular formula is C14H30N4OS2. The topological polar surface area (TPSA) is 70.4 Å². The highest BCUT2D eigenvalue weighted by Crippen LogP contribution is 2.18. The Labute approximate surface area is 136 Å². The number of hydrogen-bond donors (Lipinski definition) is 3. The average molecular weight is 335 g/mol. The standard InChI is InChI=1S/C14H30N4OS2/c15-5-12-20-21-13-8-17-14(19)4-7-16-6-3-11-18-9-1-2-10-18/h16H,1-13,15H2,(H,17,19). The summed E-state index contributed by atoms with van der Waals surface area (Å²) in [5, 5.41) is 6.29. The monoisotopic (exact) mass is 334 g/mol. The first-order valence-electron chi connectivity index (χ1n) is 7.97. The first kappa shape index (κ1) is 19.1. The molecule has 1 heterocycles. The second-order valence-electron chi connectivity index (χ2n) is 5.18. The fourth-order valence-electron chi connectivity index (χ4n) is 2.25. The summed E-state index contributed by atoms with van der Waals surface area (Å²) in [6.07, 6.45) is 4.47. The van der Waals surface area contributed by atoms with Crippen LogP contribution in [0.15, 0.2) is 0 Å². The van der Waals surface area contributed by atoms with Crippen molar-refractivity contribution in [2.45, 2.75) is 25.7 Å². The Balaban J connectivity index is 1.78. The number of amides is 1. The third kappa shape index (κ3) is 11.3. The molecular weight excluding hydrogens is 304 g/mol. The van der Waals surface area contributed by atoms with E-state index in [1.54, 1.807) is 21.6 Å². The fraction of sp³-hybridized carbons (Fsp3) is 0.929. The van der Waals surface area contributed by atoms with Gasteiger partial charge in [-0.15, -0.1) is 0 Å². The third-order valence-electron chi connectivity index (χ3n) is 3.35. The Morgan fingerprint density at radius 1 is 1.10 bits per heavy atom. The van der Waals surface area contributed by atoms with Crippen molar-refractivity contribution in [2.75, 3.05) is 57.3 Å². The number of nitrogens with one attached hydrogen (secondary N) is 2. The maximum Gasteiger partial charge on any atom is 0.221 e. The van der Waals surface area contributed by atoms with Crippen LogP contribution in [0.3, 0.4) is 0 Å². The summed E-state index contributed by atoms with van der Waals surface area (Å²) in [7, 11) is 3.53. The molecule has 1 rings (SSSR count). The van der Waals surface area contributed by atoms with E-state index < -0.39 is 0 Å². The highest BCUT2D eigenvalue weighted by atomic mass is 33.1. The first-order valence-corrected chi connectivity index (χ1v) is 10.5. The Kier molecular flexibility index (Phi) is 12.5. The lowest BCUT2D eigenvalue weighted by molar-refractivity contribution is -0.120. The van der Waals surface area contributed by atoms with Gasteiger partial charge in [-0.05, 0) is 45.4 Å². The summed E-state index contributed by atoms with van der Waals surface area (Å²) in [6, 6.07) is 0. The van der Waals surface area contributed by atoms with Gasteiger partial charge >= 0.3 is 0 Å². The second kappa shape index (κ2) is 13.7. The molecule has 0 bridgehead atoms. The van der Waals surface area contributed by atoms with Gasteiger partial charge in [-0.2, -0.15) is 0 Å². The molecule has 0 atom stereocenters. The highest BCUT2D eigenvalue weighted by molar-refractivity contribution is 8.76. The summed E-state index contributed by atoms with van der Waals surface area (Å²) < 4.78 is 0. The molecule has 0 radical (unpaired) electrons. The molecule has 1 fully saturated rings. The molecule has 7 heteroatoms. The number of carbonyl (C=O) groups is 1. The third-order valence-corrected chi connectivity index (χ3v) is 5.79. The molecule has 21 heavy (non-hydrogen) atoms. The van der Waals surface area contributed by atoms with Crippen LogP contribution in [0.2, 0.25) is 0 Å². The van der Waals surface area contributed by atoms with E-state index in [1.807, 2.05) is 0 Å². The number of carbonyl (C=O) groups excluding carboxylic acids is 1. The number of likely N-dealkylation sites (tertiary alicyclic amines) is 1. The largest absolute Gasteiger partial charge is 0.355 e. The molecule has 1 saturated heterocycles. The van der Waals surface area contributed by atoms with Crippen LogP contribution < -0.4 is 16.4 Å². The van der Waals surface area contributed by atoms with Crippen LogP contribution in [0.1, 0.15) is 25.7 Å². The van der Waals surface area contributed by atoms with Crippen LogP contribution in [0, 0.1) is 0 Å². The molecule has 5 nitrogen and oxygen atoms in total. The van der Waals surface area contributed by atoms with Crippen LogP contribution in [-0.4, -0.2) is 68.1 Å². The minimum atomic E-state index is 0.145. The van der Waals surface area contributed by atoms with E-state index in [0.717, 1.165) is 31.1 Å². The molecule has 1 aliphatic rings.